The van der Waals surface area contributed by atoms with Crippen LogP contribution < -0.4 is 11.1 Å². The zero-order valence-electron chi connectivity index (χ0n) is 10.2. The van der Waals surface area contributed by atoms with Crippen molar-refractivity contribution in [3.05, 3.63) is 57.8 Å². The zero-order valence-corrected chi connectivity index (χ0v) is 11.0. The highest BCUT2D eigenvalue weighted by atomic mass is 32.1. The fourth-order valence-electron chi connectivity index (χ4n) is 1.68. The van der Waals surface area contributed by atoms with Crippen molar-refractivity contribution in [1.29, 1.82) is 0 Å². The Kier molecular flexibility index (Phi) is 4.12. The molecule has 3 nitrogen and oxygen atoms in total. The van der Waals surface area contributed by atoms with Crippen molar-refractivity contribution in [2.24, 2.45) is 5.73 Å². The zero-order chi connectivity index (χ0) is 13.0. The molecule has 3 N–H and O–H groups in total. The second-order valence-electron chi connectivity index (χ2n) is 4.15. The van der Waals surface area contributed by atoms with Crippen LogP contribution in [-0.2, 0) is 6.54 Å². The Morgan fingerprint density at radius 1 is 1.33 bits per heavy atom. The predicted octanol–water partition coefficient (Wildman–Crippen LogP) is 2.70. The van der Waals surface area contributed by atoms with Gasteiger partial charge in [-0.25, -0.2) is 0 Å². The summed E-state index contributed by atoms with van der Waals surface area (Å²) in [6, 6.07) is 9.41. The number of rotatable bonds is 4. The van der Waals surface area contributed by atoms with Crippen molar-refractivity contribution in [1.82, 2.24) is 5.32 Å². The van der Waals surface area contributed by atoms with Gasteiger partial charge in [-0.1, -0.05) is 12.1 Å². The molecular weight excluding hydrogens is 244 g/mol. The second-order valence-corrected chi connectivity index (χ2v) is 4.93. The molecule has 0 bridgehead atoms. The molecule has 1 heterocycles. The fraction of sp³-hybridized carbons (Fsp3) is 0.214. The monoisotopic (exact) mass is 260 g/mol. The van der Waals surface area contributed by atoms with Crippen molar-refractivity contribution in [3.63, 3.8) is 0 Å². The minimum atomic E-state index is -0.0581. The highest BCUT2D eigenvalue weighted by molar-refractivity contribution is 7.07. The van der Waals surface area contributed by atoms with Gasteiger partial charge in [-0.05, 0) is 47.0 Å². The maximum atomic E-state index is 12.0. The molecule has 0 aliphatic heterocycles. The van der Waals surface area contributed by atoms with Crippen molar-refractivity contribution >= 4 is 17.2 Å². The van der Waals surface area contributed by atoms with Gasteiger partial charge in [-0.15, -0.1) is 0 Å². The van der Waals surface area contributed by atoms with Gasteiger partial charge in [0.1, 0.15) is 0 Å². The molecule has 0 fully saturated rings. The van der Waals surface area contributed by atoms with Crippen LogP contribution in [0.2, 0.25) is 0 Å². The Morgan fingerprint density at radius 3 is 2.61 bits per heavy atom. The highest BCUT2D eigenvalue weighted by Crippen LogP contribution is 2.16. The van der Waals surface area contributed by atoms with E-state index in [0.29, 0.717) is 12.1 Å². The van der Waals surface area contributed by atoms with Crippen LogP contribution in [-0.4, -0.2) is 5.91 Å². The maximum Gasteiger partial charge on any atom is 0.251 e. The van der Waals surface area contributed by atoms with Gasteiger partial charge in [0.05, 0.1) is 6.04 Å². The van der Waals surface area contributed by atoms with Crippen LogP contribution in [0.5, 0.6) is 0 Å². The number of thiophene rings is 1. The minimum Gasteiger partial charge on any atom is -0.345 e. The molecule has 0 radical (unpaired) electrons. The Balaban J connectivity index is 2.03. The molecule has 0 saturated carbocycles. The van der Waals surface area contributed by atoms with Gasteiger partial charge in [0.25, 0.3) is 5.91 Å². The third kappa shape index (κ3) is 2.97. The lowest BCUT2D eigenvalue weighted by Crippen LogP contribution is -2.26. The van der Waals surface area contributed by atoms with E-state index in [4.69, 9.17) is 5.73 Å². The smallest absolute Gasteiger partial charge is 0.251 e. The number of amides is 1. The first-order chi connectivity index (χ1) is 8.70. The van der Waals surface area contributed by atoms with Crippen LogP contribution in [0.15, 0.2) is 41.1 Å². The summed E-state index contributed by atoms with van der Waals surface area (Å²) in [5.74, 6) is -0.0581. The van der Waals surface area contributed by atoms with Crippen LogP contribution >= 0.6 is 11.3 Å². The first-order valence-electron chi connectivity index (χ1n) is 5.82. The molecule has 0 spiro atoms. The van der Waals surface area contributed by atoms with E-state index in [9.17, 15) is 4.79 Å². The van der Waals surface area contributed by atoms with E-state index < -0.39 is 0 Å². The van der Waals surface area contributed by atoms with Crippen molar-refractivity contribution in [3.8, 4) is 0 Å². The Bertz CT molecular complexity index is 505. The summed E-state index contributed by atoms with van der Waals surface area (Å²) in [7, 11) is 0. The lowest BCUT2D eigenvalue weighted by molar-refractivity contribution is 0.0940. The maximum absolute atomic E-state index is 12.0. The van der Waals surface area contributed by atoms with Crippen molar-refractivity contribution in [2.45, 2.75) is 19.5 Å². The van der Waals surface area contributed by atoms with E-state index in [1.54, 1.807) is 23.5 Å². The van der Waals surface area contributed by atoms with Gasteiger partial charge in [0.2, 0.25) is 0 Å². The minimum absolute atomic E-state index is 0.0259. The summed E-state index contributed by atoms with van der Waals surface area (Å²) in [5.41, 5.74) is 8.34. The second kappa shape index (κ2) is 5.80. The number of benzene rings is 1. The van der Waals surface area contributed by atoms with Crippen LogP contribution in [0.1, 0.15) is 34.5 Å². The van der Waals surface area contributed by atoms with Crippen LogP contribution in [0, 0.1) is 0 Å². The molecule has 4 heteroatoms. The first-order valence-corrected chi connectivity index (χ1v) is 6.77. The third-order valence-electron chi connectivity index (χ3n) is 2.84. The molecule has 18 heavy (non-hydrogen) atoms. The van der Waals surface area contributed by atoms with Crippen LogP contribution in [0.3, 0.4) is 0 Å². The largest absolute Gasteiger partial charge is 0.345 e. The summed E-state index contributed by atoms with van der Waals surface area (Å²) in [6.45, 7) is 2.47. The van der Waals surface area contributed by atoms with E-state index in [1.165, 1.54) is 0 Å². The topological polar surface area (TPSA) is 55.1 Å². The number of hydrogen-bond acceptors (Lipinski definition) is 3. The van der Waals surface area contributed by atoms with Crippen molar-refractivity contribution < 1.29 is 4.79 Å². The number of carbonyl (C=O) groups excluding carboxylic acids is 1. The molecule has 1 unspecified atom stereocenters. The molecule has 1 aromatic carbocycles. The standard InChI is InChI=1S/C14H16N2OS/c1-10(13-6-7-18-9-13)16-14(17)12-4-2-11(8-15)3-5-12/h2-7,9-10H,8,15H2,1H3,(H,16,17). The summed E-state index contributed by atoms with van der Waals surface area (Å²) in [5, 5.41) is 7.02. The lowest BCUT2D eigenvalue weighted by atomic mass is 10.1. The van der Waals surface area contributed by atoms with E-state index >= 15 is 0 Å². The fourth-order valence-corrected chi connectivity index (χ4v) is 2.43. The van der Waals surface area contributed by atoms with Crippen LogP contribution in [0.25, 0.3) is 0 Å². The normalized spacial score (nSPS) is 12.1. The van der Waals surface area contributed by atoms with E-state index in [2.05, 4.69) is 5.32 Å². The lowest BCUT2D eigenvalue weighted by Gasteiger charge is -2.12. The number of hydrogen-bond donors (Lipinski definition) is 2. The quantitative estimate of drug-likeness (QED) is 0.888. The molecule has 1 amide bonds. The molecule has 1 atom stereocenters. The van der Waals surface area contributed by atoms with E-state index in [-0.39, 0.29) is 11.9 Å². The average Bonchev–Trinajstić information content (AvgIpc) is 2.92. The van der Waals surface area contributed by atoms with Gasteiger partial charge in [0, 0.05) is 12.1 Å². The third-order valence-corrected chi connectivity index (χ3v) is 3.54. The molecule has 94 valence electrons. The SMILES string of the molecule is CC(NC(=O)c1ccc(CN)cc1)c1ccsc1. The first kappa shape index (κ1) is 12.8. The molecule has 0 aliphatic rings. The summed E-state index contributed by atoms with van der Waals surface area (Å²) >= 11 is 1.63. The molecule has 2 aromatic rings. The van der Waals surface area contributed by atoms with Gasteiger partial charge in [-0.3, -0.25) is 4.79 Å². The molecule has 0 saturated heterocycles. The number of nitrogens with one attached hydrogen (secondary N) is 1. The highest BCUT2D eigenvalue weighted by Gasteiger charge is 2.11. The predicted molar refractivity (Wildman–Crippen MR) is 74.5 cm³/mol. The van der Waals surface area contributed by atoms with Gasteiger partial charge >= 0.3 is 0 Å². The van der Waals surface area contributed by atoms with Gasteiger partial charge in [-0.2, -0.15) is 11.3 Å². The average molecular weight is 260 g/mol. The van der Waals surface area contributed by atoms with E-state index in [1.807, 2.05) is 35.9 Å². The van der Waals surface area contributed by atoms with Gasteiger partial charge in [0.15, 0.2) is 0 Å². The molecule has 0 aliphatic carbocycles. The number of nitrogens with two attached hydrogens (primary N) is 1. The summed E-state index contributed by atoms with van der Waals surface area (Å²) in [6.07, 6.45) is 0. The summed E-state index contributed by atoms with van der Waals surface area (Å²) in [4.78, 5) is 12.0. The van der Waals surface area contributed by atoms with Gasteiger partial charge < -0.3 is 11.1 Å². The van der Waals surface area contributed by atoms with Crippen LogP contribution in [0.4, 0.5) is 0 Å². The molecular formula is C14H16N2OS. The Labute approximate surface area is 111 Å². The van der Waals surface area contributed by atoms with E-state index in [0.717, 1.165) is 11.1 Å². The Hall–Kier alpha value is -1.65. The summed E-state index contributed by atoms with van der Waals surface area (Å²) < 4.78 is 0. The Morgan fingerprint density at radius 2 is 2.06 bits per heavy atom. The number of carbonyl (C=O) groups is 1. The van der Waals surface area contributed by atoms with Crippen molar-refractivity contribution in [2.75, 3.05) is 0 Å². The molecule has 2 rings (SSSR count). The molecule has 1 aromatic heterocycles.